The van der Waals surface area contributed by atoms with E-state index in [2.05, 4.69) is 12.3 Å². The minimum atomic E-state index is -0.204. The molecule has 0 saturated heterocycles. The Labute approximate surface area is 67.6 Å². The summed E-state index contributed by atoms with van der Waals surface area (Å²) in [4.78, 5) is 10.3. The van der Waals surface area contributed by atoms with Gasteiger partial charge in [-0.2, -0.15) is 0 Å². The van der Waals surface area contributed by atoms with Gasteiger partial charge in [-0.15, -0.1) is 5.73 Å². The van der Waals surface area contributed by atoms with Gasteiger partial charge in [0, 0.05) is 6.92 Å². The van der Waals surface area contributed by atoms with E-state index in [0.717, 1.165) is 19.3 Å². The second-order valence-corrected chi connectivity index (χ2v) is 2.24. The molecule has 0 heterocycles. The normalized spacial score (nSPS) is 8.45. The Morgan fingerprint density at radius 3 is 2.91 bits per heavy atom. The fraction of sp³-hybridized carbons (Fsp3) is 0.556. The number of carbonyl (C=O) groups is 1. The Hall–Kier alpha value is -1.01. The molecule has 2 nitrogen and oxygen atoms in total. The first-order valence-electron chi connectivity index (χ1n) is 3.75. The molecule has 0 aromatic carbocycles. The molecule has 0 saturated carbocycles. The van der Waals surface area contributed by atoms with Crippen molar-refractivity contribution in [3.63, 3.8) is 0 Å². The predicted molar refractivity (Wildman–Crippen MR) is 44.2 cm³/mol. The zero-order valence-electron chi connectivity index (χ0n) is 6.93. The SMILES string of the molecule is C=C=CCCCCOC(C)=O. The highest BCUT2D eigenvalue weighted by atomic mass is 16.5. The first-order valence-corrected chi connectivity index (χ1v) is 3.75. The minimum Gasteiger partial charge on any atom is -0.466 e. The molecular formula is C9H14O2. The number of allylic oxidation sites excluding steroid dienone is 1. The van der Waals surface area contributed by atoms with Crippen LogP contribution < -0.4 is 0 Å². The Morgan fingerprint density at radius 1 is 1.64 bits per heavy atom. The van der Waals surface area contributed by atoms with Gasteiger partial charge in [0.05, 0.1) is 6.61 Å². The van der Waals surface area contributed by atoms with E-state index >= 15 is 0 Å². The van der Waals surface area contributed by atoms with Crippen molar-refractivity contribution in [3.8, 4) is 0 Å². The van der Waals surface area contributed by atoms with Crippen LogP contribution in [0.2, 0.25) is 0 Å². The monoisotopic (exact) mass is 154 g/mol. The van der Waals surface area contributed by atoms with Crippen LogP contribution in [-0.4, -0.2) is 12.6 Å². The molecule has 0 amide bonds. The molecule has 0 aliphatic heterocycles. The molecule has 11 heavy (non-hydrogen) atoms. The van der Waals surface area contributed by atoms with Crippen molar-refractivity contribution >= 4 is 5.97 Å². The number of ether oxygens (including phenoxy) is 1. The average Bonchev–Trinajstić information content (AvgIpc) is 1.96. The maximum Gasteiger partial charge on any atom is 0.302 e. The highest BCUT2D eigenvalue weighted by Gasteiger charge is 1.90. The number of hydrogen-bond acceptors (Lipinski definition) is 2. The molecule has 0 rings (SSSR count). The smallest absolute Gasteiger partial charge is 0.302 e. The Morgan fingerprint density at radius 2 is 2.36 bits per heavy atom. The Balaban J connectivity index is 3.02. The van der Waals surface area contributed by atoms with Crippen LogP contribution in [0.1, 0.15) is 26.2 Å². The van der Waals surface area contributed by atoms with Crippen LogP contribution in [0.25, 0.3) is 0 Å². The van der Waals surface area contributed by atoms with E-state index in [0.29, 0.717) is 6.61 Å². The molecule has 0 bridgehead atoms. The summed E-state index contributed by atoms with van der Waals surface area (Å²) in [5.74, 6) is -0.204. The van der Waals surface area contributed by atoms with Crippen LogP contribution >= 0.6 is 0 Å². The summed E-state index contributed by atoms with van der Waals surface area (Å²) in [6.07, 6.45) is 4.78. The van der Waals surface area contributed by atoms with Gasteiger partial charge in [-0.1, -0.05) is 6.58 Å². The maximum absolute atomic E-state index is 10.3. The summed E-state index contributed by atoms with van der Waals surface area (Å²) in [5, 5.41) is 0. The van der Waals surface area contributed by atoms with E-state index in [1.165, 1.54) is 6.92 Å². The molecule has 0 aliphatic rings. The zero-order chi connectivity index (χ0) is 8.53. The number of rotatable bonds is 5. The van der Waals surface area contributed by atoms with Crippen LogP contribution in [0, 0.1) is 0 Å². The lowest BCUT2D eigenvalue weighted by atomic mass is 10.2. The summed E-state index contributed by atoms with van der Waals surface area (Å²) >= 11 is 0. The first-order chi connectivity index (χ1) is 5.27. The van der Waals surface area contributed by atoms with Crippen molar-refractivity contribution in [2.45, 2.75) is 26.2 Å². The molecule has 0 unspecified atom stereocenters. The largest absolute Gasteiger partial charge is 0.466 e. The topological polar surface area (TPSA) is 26.3 Å². The first kappa shape index (κ1) is 9.99. The zero-order valence-corrected chi connectivity index (χ0v) is 6.93. The number of unbranched alkanes of at least 4 members (excludes halogenated alkanes) is 2. The fourth-order valence-corrected chi connectivity index (χ4v) is 0.666. The number of carbonyl (C=O) groups excluding carboxylic acids is 1. The Bertz CT molecular complexity index is 151. The molecule has 0 aromatic heterocycles. The van der Waals surface area contributed by atoms with Crippen LogP contribution in [0.4, 0.5) is 0 Å². The van der Waals surface area contributed by atoms with Gasteiger partial charge in [-0.3, -0.25) is 4.79 Å². The van der Waals surface area contributed by atoms with Gasteiger partial charge in [-0.05, 0) is 25.3 Å². The fourth-order valence-electron chi connectivity index (χ4n) is 0.666. The van der Waals surface area contributed by atoms with Crippen molar-refractivity contribution in [1.29, 1.82) is 0 Å². The van der Waals surface area contributed by atoms with Crippen molar-refractivity contribution < 1.29 is 9.53 Å². The van der Waals surface area contributed by atoms with E-state index in [4.69, 9.17) is 4.74 Å². The Kier molecular flexibility index (Phi) is 6.45. The lowest BCUT2D eigenvalue weighted by molar-refractivity contribution is -0.141. The lowest BCUT2D eigenvalue weighted by Gasteiger charge is -1.98. The second-order valence-electron chi connectivity index (χ2n) is 2.24. The quantitative estimate of drug-likeness (QED) is 0.344. The van der Waals surface area contributed by atoms with Crippen LogP contribution in [0.3, 0.4) is 0 Å². The average molecular weight is 154 g/mol. The van der Waals surface area contributed by atoms with E-state index < -0.39 is 0 Å². The van der Waals surface area contributed by atoms with Crippen molar-refractivity contribution in [1.82, 2.24) is 0 Å². The third kappa shape index (κ3) is 8.99. The van der Waals surface area contributed by atoms with Crippen LogP contribution in [0.15, 0.2) is 18.4 Å². The van der Waals surface area contributed by atoms with Gasteiger partial charge in [-0.25, -0.2) is 0 Å². The highest BCUT2D eigenvalue weighted by Crippen LogP contribution is 1.96. The minimum absolute atomic E-state index is 0.204. The second kappa shape index (κ2) is 7.10. The number of esters is 1. The standard InChI is InChI=1S/C9H14O2/c1-3-4-5-6-7-8-11-9(2)10/h4H,1,5-8H2,2H3. The molecule has 0 N–H and O–H groups in total. The van der Waals surface area contributed by atoms with Gasteiger partial charge >= 0.3 is 5.97 Å². The molecule has 0 aliphatic carbocycles. The summed E-state index contributed by atoms with van der Waals surface area (Å²) in [6, 6.07) is 0. The van der Waals surface area contributed by atoms with E-state index in [-0.39, 0.29) is 5.97 Å². The van der Waals surface area contributed by atoms with Crippen molar-refractivity contribution in [3.05, 3.63) is 18.4 Å². The maximum atomic E-state index is 10.3. The predicted octanol–water partition coefficient (Wildman–Crippen LogP) is 2.06. The van der Waals surface area contributed by atoms with Crippen molar-refractivity contribution in [2.75, 3.05) is 6.61 Å². The van der Waals surface area contributed by atoms with Crippen LogP contribution in [0.5, 0.6) is 0 Å². The summed E-state index contributed by atoms with van der Waals surface area (Å²) in [5.41, 5.74) is 2.68. The van der Waals surface area contributed by atoms with Gasteiger partial charge in [0.1, 0.15) is 0 Å². The molecular weight excluding hydrogens is 140 g/mol. The summed E-state index contributed by atoms with van der Waals surface area (Å²) in [7, 11) is 0. The highest BCUT2D eigenvalue weighted by molar-refractivity contribution is 5.65. The van der Waals surface area contributed by atoms with Gasteiger partial charge < -0.3 is 4.74 Å². The molecule has 0 atom stereocenters. The lowest BCUT2D eigenvalue weighted by Crippen LogP contribution is -1.99. The molecule has 0 spiro atoms. The molecule has 2 heteroatoms. The third-order valence-electron chi connectivity index (χ3n) is 1.19. The molecule has 0 aromatic rings. The van der Waals surface area contributed by atoms with Gasteiger partial charge in [0.25, 0.3) is 0 Å². The number of hydrogen-bond donors (Lipinski definition) is 0. The van der Waals surface area contributed by atoms with E-state index in [1.54, 1.807) is 0 Å². The van der Waals surface area contributed by atoms with Gasteiger partial charge in [0.15, 0.2) is 0 Å². The summed E-state index contributed by atoms with van der Waals surface area (Å²) in [6.45, 7) is 5.39. The van der Waals surface area contributed by atoms with E-state index in [9.17, 15) is 4.79 Å². The van der Waals surface area contributed by atoms with Crippen LogP contribution in [-0.2, 0) is 9.53 Å². The summed E-state index contributed by atoms with van der Waals surface area (Å²) < 4.78 is 4.73. The van der Waals surface area contributed by atoms with E-state index in [1.807, 2.05) is 6.08 Å². The van der Waals surface area contributed by atoms with Gasteiger partial charge in [0.2, 0.25) is 0 Å². The van der Waals surface area contributed by atoms with Crippen molar-refractivity contribution in [2.24, 2.45) is 0 Å². The molecule has 62 valence electrons. The molecule has 0 radical (unpaired) electrons. The third-order valence-corrected chi connectivity index (χ3v) is 1.19. The molecule has 0 fully saturated rings.